The van der Waals surface area contributed by atoms with Crippen LogP contribution in [0.25, 0.3) is 10.8 Å². The molecule has 0 radical (unpaired) electrons. The van der Waals surface area contributed by atoms with Crippen LogP contribution in [0.4, 0.5) is 5.69 Å². The summed E-state index contributed by atoms with van der Waals surface area (Å²) in [4.78, 5) is 30.0. The topological polar surface area (TPSA) is 115 Å². The molecule has 3 aromatic rings. The molecule has 1 aromatic heterocycles. The van der Waals surface area contributed by atoms with Crippen molar-refractivity contribution in [3.05, 3.63) is 76.1 Å². The molecule has 0 saturated carbocycles. The second kappa shape index (κ2) is 7.79. The number of carbonyl (C=O) groups excluding carboxylic acids is 1. The number of aryl methyl sites for hydroxylation is 1. The average molecular weight is 377 g/mol. The van der Waals surface area contributed by atoms with Gasteiger partial charge in [-0.15, -0.1) is 0 Å². The minimum absolute atomic E-state index is 0.0872. The maximum absolute atomic E-state index is 12.0. The van der Waals surface area contributed by atoms with Gasteiger partial charge in [-0.05, 0) is 36.8 Å². The Balaban J connectivity index is 1.86. The SMILES string of the molecule is C=CC(=O)Nc1ccc(CN=Cc2c(O)[nH]c(=O)c3ccc(C)cc23)cc1O. The molecule has 0 saturated heterocycles. The minimum atomic E-state index is -0.420. The number of aromatic nitrogens is 1. The second-order valence-corrected chi connectivity index (χ2v) is 6.28. The number of phenols is 1. The van der Waals surface area contributed by atoms with Crippen molar-refractivity contribution in [3.8, 4) is 11.6 Å². The van der Waals surface area contributed by atoms with Crippen LogP contribution in [0, 0.1) is 6.92 Å². The Morgan fingerprint density at radius 3 is 2.71 bits per heavy atom. The second-order valence-electron chi connectivity index (χ2n) is 6.28. The van der Waals surface area contributed by atoms with Crippen LogP contribution in [0.1, 0.15) is 16.7 Å². The number of aromatic hydroxyl groups is 2. The lowest BCUT2D eigenvalue weighted by atomic mass is 10.1. The summed E-state index contributed by atoms with van der Waals surface area (Å²) in [5, 5.41) is 23.7. The number of pyridine rings is 1. The Morgan fingerprint density at radius 1 is 1.21 bits per heavy atom. The first-order chi connectivity index (χ1) is 13.4. The predicted molar refractivity (Wildman–Crippen MR) is 109 cm³/mol. The Labute approximate surface area is 160 Å². The van der Waals surface area contributed by atoms with E-state index in [0.29, 0.717) is 21.9 Å². The maximum Gasteiger partial charge on any atom is 0.258 e. The van der Waals surface area contributed by atoms with E-state index in [4.69, 9.17) is 0 Å². The van der Waals surface area contributed by atoms with E-state index >= 15 is 0 Å². The lowest BCUT2D eigenvalue weighted by Gasteiger charge is -2.07. The van der Waals surface area contributed by atoms with Crippen molar-refractivity contribution in [2.45, 2.75) is 13.5 Å². The number of anilines is 1. The van der Waals surface area contributed by atoms with Crippen molar-refractivity contribution in [3.63, 3.8) is 0 Å². The summed E-state index contributed by atoms with van der Waals surface area (Å²) in [5.74, 6) is -0.759. The third kappa shape index (κ3) is 3.93. The molecule has 0 unspecified atom stereocenters. The molecule has 142 valence electrons. The summed E-state index contributed by atoms with van der Waals surface area (Å²) in [7, 11) is 0. The standard InChI is InChI=1S/C21H19N3O4/c1-3-19(26)23-17-7-5-13(9-18(17)25)10-22-11-16-15-8-12(2)4-6-14(15)20(27)24-21(16)28/h3-9,11,25H,1,10H2,2H3,(H,23,26)(H2,24,27,28). The Bertz CT molecular complexity index is 1160. The van der Waals surface area contributed by atoms with E-state index in [2.05, 4.69) is 21.9 Å². The van der Waals surface area contributed by atoms with E-state index in [-0.39, 0.29) is 29.4 Å². The molecule has 0 aliphatic heterocycles. The van der Waals surface area contributed by atoms with Gasteiger partial charge in [0.25, 0.3) is 5.56 Å². The lowest BCUT2D eigenvalue weighted by molar-refractivity contribution is -0.111. The Kier molecular flexibility index (Phi) is 5.26. The zero-order valence-electron chi connectivity index (χ0n) is 15.2. The van der Waals surface area contributed by atoms with Gasteiger partial charge in [0.2, 0.25) is 11.8 Å². The van der Waals surface area contributed by atoms with Gasteiger partial charge in [-0.2, -0.15) is 0 Å². The number of aliphatic imine (C=N–C) groups is 1. The highest BCUT2D eigenvalue weighted by Crippen LogP contribution is 2.25. The van der Waals surface area contributed by atoms with Crippen LogP contribution in [0.5, 0.6) is 11.6 Å². The average Bonchev–Trinajstić information content (AvgIpc) is 2.66. The summed E-state index contributed by atoms with van der Waals surface area (Å²) >= 11 is 0. The van der Waals surface area contributed by atoms with Crippen LogP contribution in [0.15, 0.2) is 58.8 Å². The molecule has 0 spiro atoms. The highest BCUT2D eigenvalue weighted by atomic mass is 16.3. The molecular weight excluding hydrogens is 358 g/mol. The number of nitrogens with one attached hydrogen (secondary N) is 2. The normalized spacial score (nSPS) is 11.0. The Hall–Kier alpha value is -3.87. The molecule has 3 rings (SSSR count). The molecular formula is C21H19N3O4. The number of H-pyrrole nitrogens is 1. The highest BCUT2D eigenvalue weighted by Gasteiger charge is 2.09. The third-order valence-corrected chi connectivity index (χ3v) is 4.20. The summed E-state index contributed by atoms with van der Waals surface area (Å²) in [6.07, 6.45) is 2.60. The van der Waals surface area contributed by atoms with E-state index in [1.165, 1.54) is 12.3 Å². The molecule has 28 heavy (non-hydrogen) atoms. The van der Waals surface area contributed by atoms with Crippen LogP contribution < -0.4 is 10.9 Å². The number of benzene rings is 2. The fourth-order valence-electron chi connectivity index (χ4n) is 2.79. The summed E-state index contributed by atoms with van der Waals surface area (Å²) in [5.41, 5.74) is 1.98. The fourth-order valence-corrected chi connectivity index (χ4v) is 2.79. The molecule has 4 N–H and O–H groups in total. The van der Waals surface area contributed by atoms with Crippen molar-refractivity contribution in [2.75, 3.05) is 5.32 Å². The van der Waals surface area contributed by atoms with Crippen molar-refractivity contribution >= 4 is 28.6 Å². The number of phenolic OH excluding ortho intramolecular Hbond substituents is 1. The number of rotatable bonds is 5. The molecule has 7 nitrogen and oxygen atoms in total. The van der Waals surface area contributed by atoms with Gasteiger partial charge in [0, 0.05) is 17.0 Å². The molecule has 2 aromatic carbocycles. The number of carbonyl (C=O) groups is 1. The number of aromatic amines is 1. The molecule has 0 fully saturated rings. The van der Waals surface area contributed by atoms with Gasteiger partial charge < -0.3 is 15.5 Å². The van der Waals surface area contributed by atoms with Crippen LogP contribution in [0.2, 0.25) is 0 Å². The third-order valence-electron chi connectivity index (χ3n) is 4.20. The molecule has 1 amide bonds. The van der Waals surface area contributed by atoms with Crippen LogP contribution in [-0.2, 0) is 11.3 Å². The summed E-state index contributed by atoms with van der Waals surface area (Å²) in [6, 6.07) is 10.1. The number of fused-ring (bicyclic) bond motifs is 1. The van der Waals surface area contributed by atoms with E-state index < -0.39 is 5.91 Å². The zero-order valence-corrected chi connectivity index (χ0v) is 15.2. The van der Waals surface area contributed by atoms with E-state index in [1.807, 2.05) is 19.1 Å². The van der Waals surface area contributed by atoms with Crippen molar-refractivity contribution in [1.82, 2.24) is 4.98 Å². The fraction of sp³-hybridized carbons (Fsp3) is 0.0952. The van der Waals surface area contributed by atoms with Crippen molar-refractivity contribution in [1.29, 1.82) is 0 Å². The molecule has 0 bridgehead atoms. The number of amides is 1. The van der Waals surface area contributed by atoms with Gasteiger partial charge in [-0.3, -0.25) is 19.6 Å². The van der Waals surface area contributed by atoms with Crippen LogP contribution >= 0.6 is 0 Å². The molecule has 7 heteroatoms. The van der Waals surface area contributed by atoms with Crippen LogP contribution in [-0.4, -0.2) is 27.3 Å². The first kappa shape index (κ1) is 18.9. The first-order valence-corrected chi connectivity index (χ1v) is 8.50. The number of nitrogens with zero attached hydrogens (tertiary/aromatic N) is 1. The first-order valence-electron chi connectivity index (χ1n) is 8.50. The van der Waals surface area contributed by atoms with Gasteiger partial charge in [-0.25, -0.2) is 0 Å². The van der Waals surface area contributed by atoms with E-state index in [1.54, 1.807) is 18.2 Å². The molecule has 0 aliphatic carbocycles. The smallest absolute Gasteiger partial charge is 0.258 e. The minimum Gasteiger partial charge on any atom is -0.506 e. The number of hydrogen-bond donors (Lipinski definition) is 4. The van der Waals surface area contributed by atoms with Gasteiger partial charge in [0.15, 0.2) is 0 Å². The van der Waals surface area contributed by atoms with Crippen molar-refractivity contribution in [2.24, 2.45) is 4.99 Å². The zero-order chi connectivity index (χ0) is 20.3. The largest absolute Gasteiger partial charge is 0.506 e. The van der Waals surface area contributed by atoms with Crippen LogP contribution in [0.3, 0.4) is 0 Å². The predicted octanol–water partition coefficient (Wildman–Crippen LogP) is 2.99. The van der Waals surface area contributed by atoms with Gasteiger partial charge in [-0.1, -0.05) is 30.3 Å². The quantitative estimate of drug-likeness (QED) is 0.311. The van der Waals surface area contributed by atoms with Crippen molar-refractivity contribution < 1.29 is 15.0 Å². The summed E-state index contributed by atoms with van der Waals surface area (Å²) < 4.78 is 0. The van der Waals surface area contributed by atoms with Gasteiger partial charge >= 0.3 is 0 Å². The monoisotopic (exact) mass is 377 g/mol. The van der Waals surface area contributed by atoms with Gasteiger partial charge in [0.1, 0.15) is 5.75 Å². The van der Waals surface area contributed by atoms with Gasteiger partial charge in [0.05, 0.1) is 17.8 Å². The summed E-state index contributed by atoms with van der Waals surface area (Å²) in [6.45, 7) is 5.49. The maximum atomic E-state index is 12.0. The van der Waals surface area contributed by atoms with E-state index in [0.717, 1.165) is 11.6 Å². The molecule has 0 atom stereocenters. The Morgan fingerprint density at radius 2 is 2.00 bits per heavy atom. The molecule has 0 aliphatic rings. The van der Waals surface area contributed by atoms with E-state index in [9.17, 15) is 19.8 Å². The molecule has 1 heterocycles. The number of hydrogen-bond acceptors (Lipinski definition) is 5. The lowest BCUT2D eigenvalue weighted by Crippen LogP contribution is -2.08. The highest BCUT2D eigenvalue weighted by molar-refractivity contribution is 6.01.